The maximum atomic E-state index is 11.4. The number of nitriles is 1. The molecular weight excluding hydrogens is 200 g/mol. The summed E-state index contributed by atoms with van der Waals surface area (Å²) in [6.07, 6.45) is 1.58. The normalized spacial score (nSPS) is 9.75. The van der Waals surface area contributed by atoms with Gasteiger partial charge >= 0.3 is 0 Å². The molecule has 0 radical (unpaired) electrons. The number of hydrogen-bond acceptors (Lipinski definition) is 2. The van der Waals surface area contributed by atoms with Gasteiger partial charge < -0.3 is 4.57 Å². The summed E-state index contributed by atoms with van der Waals surface area (Å²) in [7, 11) is 0. The Morgan fingerprint density at radius 2 is 1.94 bits per heavy atom. The topological polar surface area (TPSA) is 45.8 Å². The van der Waals surface area contributed by atoms with E-state index in [1.54, 1.807) is 6.20 Å². The van der Waals surface area contributed by atoms with E-state index in [4.69, 9.17) is 5.26 Å². The molecule has 0 bridgehead atoms. The van der Waals surface area contributed by atoms with Gasteiger partial charge in [-0.25, -0.2) is 0 Å². The van der Waals surface area contributed by atoms with E-state index < -0.39 is 0 Å². The molecule has 78 valence electrons. The second kappa shape index (κ2) is 4.03. The molecule has 0 aliphatic carbocycles. The Morgan fingerprint density at radius 1 is 1.25 bits per heavy atom. The van der Waals surface area contributed by atoms with Crippen molar-refractivity contribution in [2.75, 3.05) is 0 Å². The van der Waals surface area contributed by atoms with Crippen LogP contribution in [0.3, 0.4) is 0 Å². The van der Waals surface area contributed by atoms with Gasteiger partial charge in [-0.05, 0) is 19.1 Å². The molecule has 2 rings (SSSR count). The van der Waals surface area contributed by atoms with Gasteiger partial charge in [0.1, 0.15) is 11.6 Å². The summed E-state index contributed by atoms with van der Waals surface area (Å²) in [5, 5.41) is 8.82. The number of rotatable bonds is 1. The van der Waals surface area contributed by atoms with E-state index in [2.05, 4.69) is 0 Å². The van der Waals surface area contributed by atoms with Gasteiger partial charge in [0.15, 0.2) is 5.43 Å². The Morgan fingerprint density at radius 3 is 2.56 bits per heavy atom. The molecule has 16 heavy (non-hydrogen) atoms. The minimum absolute atomic E-state index is 0.162. The molecule has 0 saturated heterocycles. The van der Waals surface area contributed by atoms with Crippen molar-refractivity contribution in [2.24, 2.45) is 0 Å². The summed E-state index contributed by atoms with van der Waals surface area (Å²) >= 11 is 0. The molecular formula is C13H10N2O. The zero-order valence-electron chi connectivity index (χ0n) is 8.84. The molecule has 0 aliphatic rings. The van der Waals surface area contributed by atoms with Crippen molar-refractivity contribution in [2.45, 2.75) is 6.92 Å². The van der Waals surface area contributed by atoms with Crippen LogP contribution in [0.5, 0.6) is 0 Å². The Balaban J connectivity index is 2.68. The van der Waals surface area contributed by atoms with Crippen molar-refractivity contribution < 1.29 is 0 Å². The smallest absolute Gasteiger partial charge is 0.199 e. The Hall–Kier alpha value is -2.34. The number of aryl methyl sites for hydroxylation is 1. The zero-order valence-corrected chi connectivity index (χ0v) is 8.84. The molecule has 3 heteroatoms. The van der Waals surface area contributed by atoms with E-state index in [0.717, 1.165) is 11.4 Å². The molecule has 1 aromatic heterocycles. The third-order valence-corrected chi connectivity index (χ3v) is 2.40. The van der Waals surface area contributed by atoms with Gasteiger partial charge in [-0.15, -0.1) is 0 Å². The summed E-state index contributed by atoms with van der Waals surface area (Å²) in [6.45, 7) is 1.84. The van der Waals surface area contributed by atoms with Gasteiger partial charge in [-0.1, -0.05) is 18.2 Å². The quantitative estimate of drug-likeness (QED) is 0.722. The first-order chi connectivity index (χ1) is 7.72. The van der Waals surface area contributed by atoms with Crippen LogP contribution in [0, 0.1) is 18.3 Å². The molecule has 1 heterocycles. The molecule has 0 spiro atoms. The lowest BCUT2D eigenvalue weighted by Crippen LogP contribution is -2.11. The van der Waals surface area contributed by atoms with Crippen LogP contribution in [-0.4, -0.2) is 4.57 Å². The molecule has 0 amide bonds. The van der Waals surface area contributed by atoms with Crippen molar-refractivity contribution in [3.8, 4) is 11.8 Å². The molecule has 3 nitrogen and oxygen atoms in total. The lowest BCUT2D eigenvalue weighted by atomic mass is 10.2. The van der Waals surface area contributed by atoms with Gasteiger partial charge in [0, 0.05) is 23.6 Å². The molecule has 2 aromatic rings. The summed E-state index contributed by atoms with van der Waals surface area (Å²) in [6, 6.07) is 13.0. The largest absolute Gasteiger partial charge is 0.320 e. The number of pyridine rings is 1. The zero-order chi connectivity index (χ0) is 11.5. The molecule has 1 aromatic carbocycles. The SMILES string of the molecule is Cc1cc(=O)c(C#N)cn1-c1ccccc1. The Bertz CT molecular complexity index is 606. The summed E-state index contributed by atoms with van der Waals surface area (Å²) in [5.74, 6) is 0. The van der Waals surface area contributed by atoms with E-state index in [9.17, 15) is 4.79 Å². The van der Waals surface area contributed by atoms with E-state index in [-0.39, 0.29) is 11.0 Å². The highest BCUT2D eigenvalue weighted by molar-refractivity contribution is 5.37. The number of nitrogens with zero attached hydrogens (tertiary/aromatic N) is 2. The highest BCUT2D eigenvalue weighted by atomic mass is 16.1. The molecule has 0 fully saturated rings. The second-order valence-electron chi connectivity index (χ2n) is 3.51. The molecule has 0 N–H and O–H groups in total. The van der Waals surface area contributed by atoms with E-state index in [0.29, 0.717) is 0 Å². The van der Waals surface area contributed by atoms with Gasteiger partial charge in [0.25, 0.3) is 0 Å². The highest BCUT2D eigenvalue weighted by Gasteiger charge is 2.04. The van der Waals surface area contributed by atoms with Crippen molar-refractivity contribution in [1.82, 2.24) is 4.57 Å². The first-order valence-electron chi connectivity index (χ1n) is 4.91. The minimum atomic E-state index is -0.229. The summed E-state index contributed by atoms with van der Waals surface area (Å²) < 4.78 is 1.83. The number of para-hydroxylation sites is 1. The van der Waals surface area contributed by atoms with E-state index in [1.165, 1.54) is 6.07 Å². The van der Waals surface area contributed by atoms with E-state index in [1.807, 2.05) is 47.9 Å². The summed E-state index contributed by atoms with van der Waals surface area (Å²) in [4.78, 5) is 11.4. The van der Waals surface area contributed by atoms with Crippen molar-refractivity contribution in [3.63, 3.8) is 0 Å². The van der Waals surface area contributed by atoms with E-state index >= 15 is 0 Å². The van der Waals surface area contributed by atoms with Crippen LogP contribution in [0.1, 0.15) is 11.3 Å². The van der Waals surface area contributed by atoms with Gasteiger partial charge in [-0.2, -0.15) is 5.26 Å². The standard InChI is InChI=1S/C13H10N2O/c1-10-7-13(16)11(8-14)9-15(10)12-5-3-2-4-6-12/h2-7,9H,1H3. The van der Waals surface area contributed by atoms with Crippen LogP contribution in [0.15, 0.2) is 47.4 Å². The van der Waals surface area contributed by atoms with Crippen molar-refractivity contribution in [1.29, 1.82) is 5.26 Å². The average molecular weight is 210 g/mol. The molecule has 0 atom stereocenters. The van der Waals surface area contributed by atoms with Crippen molar-refractivity contribution in [3.05, 3.63) is 64.1 Å². The van der Waals surface area contributed by atoms with Crippen LogP contribution in [0.2, 0.25) is 0 Å². The van der Waals surface area contributed by atoms with Crippen molar-refractivity contribution >= 4 is 0 Å². The predicted octanol–water partition coefficient (Wildman–Crippen LogP) is 2.02. The third-order valence-electron chi connectivity index (χ3n) is 2.40. The highest BCUT2D eigenvalue weighted by Crippen LogP contribution is 2.09. The number of benzene rings is 1. The van der Waals surface area contributed by atoms with Crippen LogP contribution in [0.4, 0.5) is 0 Å². The third kappa shape index (κ3) is 1.73. The maximum Gasteiger partial charge on any atom is 0.199 e. The van der Waals surface area contributed by atoms with Gasteiger partial charge in [-0.3, -0.25) is 4.79 Å². The molecule has 0 aliphatic heterocycles. The van der Waals surface area contributed by atoms with Gasteiger partial charge in [0.05, 0.1) is 0 Å². The first-order valence-corrected chi connectivity index (χ1v) is 4.91. The van der Waals surface area contributed by atoms with Gasteiger partial charge in [0.2, 0.25) is 0 Å². The van der Waals surface area contributed by atoms with Crippen LogP contribution in [-0.2, 0) is 0 Å². The minimum Gasteiger partial charge on any atom is -0.320 e. The summed E-state index contributed by atoms with van der Waals surface area (Å²) in [5.41, 5.74) is 1.69. The van der Waals surface area contributed by atoms with Crippen LogP contribution < -0.4 is 5.43 Å². The number of hydrogen-bond donors (Lipinski definition) is 0. The Kier molecular flexibility index (Phi) is 2.57. The lowest BCUT2D eigenvalue weighted by Gasteiger charge is -2.10. The van der Waals surface area contributed by atoms with Crippen LogP contribution in [0.25, 0.3) is 5.69 Å². The van der Waals surface area contributed by atoms with Crippen LogP contribution >= 0.6 is 0 Å². The monoisotopic (exact) mass is 210 g/mol. The fraction of sp³-hybridized carbons (Fsp3) is 0.0769. The number of aromatic nitrogens is 1. The average Bonchev–Trinajstić information content (AvgIpc) is 2.30. The predicted molar refractivity (Wildman–Crippen MR) is 61.5 cm³/mol. The molecule has 0 saturated carbocycles. The second-order valence-corrected chi connectivity index (χ2v) is 3.51. The Labute approximate surface area is 93.2 Å². The molecule has 0 unspecified atom stereocenters. The fourth-order valence-electron chi connectivity index (χ4n) is 1.58. The maximum absolute atomic E-state index is 11.4. The lowest BCUT2D eigenvalue weighted by molar-refractivity contribution is 0.968. The first kappa shape index (κ1) is 10.2. The fourth-order valence-corrected chi connectivity index (χ4v) is 1.58.